The van der Waals surface area contributed by atoms with Crippen LogP contribution in [0.4, 0.5) is 11.4 Å². The van der Waals surface area contributed by atoms with Crippen LogP contribution >= 0.6 is 0 Å². The van der Waals surface area contributed by atoms with Crippen LogP contribution in [0, 0.1) is 19.8 Å². The van der Waals surface area contributed by atoms with Gasteiger partial charge in [0.25, 0.3) is 5.91 Å². The molecule has 6 nitrogen and oxygen atoms in total. The lowest BCUT2D eigenvalue weighted by Crippen LogP contribution is -2.32. The zero-order chi connectivity index (χ0) is 23.4. The average Bonchev–Trinajstić information content (AvgIpc) is 3.21. The smallest absolute Gasteiger partial charge is 0.255 e. The van der Waals surface area contributed by atoms with Gasteiger partial charge >= 0.3 is 0 Å². The first kappa shape index (κ1) is 22.3. The quantitative estimate of drug-likeness (QED) is 0.601. The number of benzene rings is 3. The fourth-order valence-corrected chi connectivity index (χ4v) is 3.94. The summed E-state index contributed by atoms with van der Waals surface area (Å²) < 4.78 is 0. The van der Waals surface area contributed by atoms with Gasteiger partial charge in [-0.2, -0.15) is 0 Å². The van der Waals surface area contributed by atoms with Crippen molar-refractivity contribution in [3.05, 3.63) is 95.1 Å². The lowest BCUT2D eigenvalue weighted by Gasteiger charge is -2.18. The summed E-state index contributed by atoms with van der Waals surface area (Å²) in [6.07, 6.45) is 0.152. The van der Waals surface area contributed by atoms with Crippen LogP contribution in [0.15, 0.2) is 72.8 Å². The average molecular weight is 442 g/mol. The van der Waals surface area contributed by atoms with Gasteiger partial charge in [-0.3, -0.25) is 14.4 Å². The summed E-state index contributed by atoms with van der Waals surface area (Å²) in [5.74, 6) is -0.936. The normalized spacial score (nSPS) is 15.4. The van der Waals surface area contributed by atoms with Crippen molar-refractivity contribution in [2.75, 3.05) is 16.8 Å². The minimum Gasteiger partial charge on any atom is -0.352 e. The summed E-state index contributed by atoms with van der Waals surface area (Å²) in [7, 11) is 0. The van der Waals surface area contributed by atoms with Crippen LogP contribution in [-0.4, -0.2) is 24.3 Å². The first-order valence-electron chi connectivity index (χ1n) is 11.0. The van der Waals surface area contributed by atoms with E-state index in [0.29, 0.717) is 30.0 Å². The Morgan fingerprint density at radius 1 is 0.939 bits per heavy atom. The number of anilines is 2. The van der Waals surface area contributed by atoms with E-state index in [4.69, 9.17) is 0 Å². The topological polar surface area (TPSA) is 78.5 Å². The number of rotatable bonds is 6. The minimum atomic E-state index is -0.424. The Hall–Kier alpha value is -3.93. The van der Waals surface area contributed by atoms with Crippen molar-refractivity contribution < 1.29 is 14.4 Å². The Balaban J connectivity index is 1.39. The number of nitrogens with zero attached hydrogens (tertiary/aromatic N) is 1. The van der Waals surface area contributed by atoms with E-state index >= 15 is 0 Å². The Labute approximate surface area is 193 Å². The van der Waals surface area contributed by atoms with Crippen molar-refractivity contribution in [2.45, 2.75) is 26.8 Å². The molecule has 2 N–H and O–H groups in total. The molecule has 1 aliphatic rings. The van der Waals surface area contributed by atoms with Crippen molar-refractivity contribution >= 4 is 29.1 Å². The molecular formula is C27H27N3O3. The molecule has 6 heteroatoms. The second-order valence-electron chi connectivity index (χ2n) is 8.48. The van der Waals surface area contributed by atoms with Gasteiger partial charge in [0, 0.05) is 36.4 Å². The Kier molecular flexibility index (Phi) is 6.54. The maximum absolute atomic E-state index is 12.7. The van der Waals surface area contributed by atoms with Gasteiger partial charge in [-0.1, -0.05) is 53.6 Å². The summed E-state index contributed by atoms with van der Waals surface area (Å²) in [6, 6.07) is 22.4. The maximum Gasteiger partial charge on any atom is 0.255 e. The molecule has 0 aliphatic carbocycles. The Bertz CT molecular complexity index is 1190. The molecule has 1 fully saturated rings. The van der Waals surface area contributed by atoms with Crippen LogP contribution in [0.1, 0.15) is 33.5 Å². The monoisotopic (exact) mass is 441 g/mol. The third-order valence-electron chi connectivity index (χ3n) is 5.77. The number of hydrogen-bond acceptors (Lipinski definition) is 3. The predicted octanol–water partition coefficient (Wildman–Crippen LogP) is 4.23. The molecule has 168 valence electrons. The van der Waals surface area contributed by atoms with Crippen LogP contribution in [0.3, 0.4) is 0 Å². The van der Waals surface area contributed by atoms with Crippen LogP contribution in [0.2, 0.25) is 0 Å². The lowest BCUT2D eigenvalue weighted by atomic mass is 10.1. The standard InChI is InChI=1S/C27H27N3O3/c1-18-9-11-23(12-10-18)29-27(33)21-7-4-8-24(14-21)30-17-22(15-25(30)31)26(32)28-16-20-6-3-5-19(2)13-20/h3-14,22H,15-17H2,1-2H3,(H,28,32)(H,29,33). The van der Waals surface area contributed by atoms with E-state index in [1.54, 1.807) is 29.2 Å². The van der Waals surface area contributed by atoms with E-state index in [1.807, 2.05) is 62.4 Å². The van der Waals surface area contributed by atoms with Crippen molar-refractivity contribution in [2.24, 2.45) is 5.92 Å². The molecule has 3 aromatic carbocycles. The largest absolute Gasteiger partial charge is 0.352 e. The highest BCUT2D eigenvalue weighted by molar-refractivity contribution is 6.06. The third kappa shape index (κ3) is 5.47. The van der Waals surface area contributed by atoms with Crippen molar-refractivity contribution in [3.8, 4) is 0 Å². The van der Waals surface area contributed by atoms with Crippen LogP contribution < -0.4 is 15.5 Å². The SMILES string of the molecule is Cc1ccc(NC(=O)c2cccc(N3CC(C(=O)NCc4cccc(C)c4)CC3=O)c2)cc1. The summed E-state index contributed by atoms with van der Waals surface area (Å²) in [5.41, 5.74) is 5.05. The molecule has 1 aliphatic heterocycles. The van der Waals surface area contributed by atoms with Crippen LogP contribution in [0.5, 0.6) is 0 Å². The van der Waals surface area contributed by atoms with Crippen molar-refractivity contribution in [1.29, 1.82) is 0 Å². The molecule has 3 aromatic rings. The fraction of sp³-hybridized carbons (Fsp3) is 0.222. The molecule has 1 heterocycles. The number of nitrogens with one attached hydrogen (secondary N) is 2. The number of amides is 3. The van der Waals surface area contributed by atoms with E-state index in [1.165, 1.54) is 0 Å². The molecular weight excluding hydrogens is 414 g/mol. The summed E-state index contributed by atoms with van der Waals surface area (Å²) in [5, 5.41) is 5.81. The van der Waals surface area contributed by atoms with Gasteiger partial charge < -0.3 is 15.5 Å². The van der Waals surface area contributed by atoms with Crippen molar-refractivity contribution in [1.82, 2.24) is 5.32 Å². The molecule has 3 amide bonds. The van der Waals surface area contributed by atoms with Gasteiger partial charge in [-0.05, 0) is 49.7 Å². The molecule has 1 atom stereocenters. The molecule has 0 aromatic heterocycles. The highest BCUT2D eigenvalue weighted by atomic mass is 16.2. The molecule has 0 bridgehead atoms. The minimum absolute atomic E-state index is 0.123. The zero-order valence-corrected chi connectivity index (χ0v) is 18.8. The van der Waals surface area contributed by atoms with E-state index in [0.717, 1.165) is 16.7 Å². The van der Waals surface area contributed by atoms with E-state index < -0.39 is 5.92 Å². The zero-order valence-electron chi connectivity index (χ0n) is 18.8. The summed E-state index contributed by atoms with van der Waals surface area (Å²) in [6.45, 7) is 4.72. The van der Waals surface area contributed by atoms with Gasteiger partial charge in [0.15, 0.2) is 0 Å². The Morgan fingerprint density at radius 3 is 2.45 bits per heavy atom. The number of carbonyl (C=O) groups excluding carboxylic acids is 3. The third-order valence-corrected chi connectivity index (χ3v) is 5.77. The van der Waals surface area contributed by atoms with Crippen molar-refractivity contribution in [3.63, 3.8) is 0 Å². The molecule has 0 spiro atoms. The second kappa shape index (κ2) is 9.69. The maximum atomic E-state index is 12.7. The molecule has 0 radical (unpaired) electrons. The number of hydrogen-bond donors (Lipinski definition) is 2. The highest BCUT2D eigenvalue weighted by Gasteiger charge is 2.35. The first-order chi connectivity index (χ1) is 15.9. The molecule has 4 rings (SSSR count). The van der Waals surface area contributed by atoms with Gasteiger partial charge in [0.2, 0.25) is 11.8 Å². The summed E-state index contributed by atoms with van der Waals surface area (Å²) >= 11 is 0. The van der Waals surface area contributed by atoms with Gasteiger partial charge in [0.1, 0.15) is 0 Å². The summed E-state index contributed by atoms with van der Waals surface area (Å²) in [4.78, 5) is 39.6. The highest BCUT2D eigenvalue weighted by Crippen LogP contribution is 2.26. The van der Waals surface area contributed by atoms with Gasteiger partial charge in [0.05, 0.1) is 5.92 Å². The number of carbonyl (C=O) groups is 3. The predicted molar refractivity (Wildman–Crippen MR) is 129 cm³/mol. The van der Waals surface area contributed by atoms with Crippen LogP contribution in [0.25, 0.3) is 0 Å². The fourth-order valence-electron chi connectivity index (χ4n) is 3.94. The molecule has 0 saturated carbocycles. The lowest BCUT2D eigenvalue weighted by molar-refractivity contribution is -0.126. The van der Waals surface area contributed by atoms with Gasteiger partial charge in [-0.25, -0.2) is 0 Å². The Morgan fingerprint density at radius 2 is 1.70 bits per heavy atom. The molecule has 1 unspecified atom stereocenters. The molecule has 1 saturated heterocycles. The number of aryl methyl sites for hydroxylation is 2. The van der Waals surface area contributed by atoms with Gasteiger partial charge in [-0.15, -0.1) is 0 Å². The second-order valence-corrected chi connectivity index (χ2v) is 8.48. The van der Waals surface area contributed by atoms with E-state index in [-0.39, 0.29) is 24.1 Å². The van der Waals surface area contributed by atoms with Crippen LogP contribution in [-0.2, 0) is 16.1 Å². The first-order valence-corrected chi connectivity index (χ1v) is 11.0. The molecule has 33 heavy (non-hydrogen) atoms. The van der Waals surface area contributed by atoms with E-state index in [9.17, 15) is 14.4 Å². The van der Waals surface area contributed by atoms with E-state index in [2.05, 4.69) is 10.6 Å².